The summed E-state index contributed by atoms with van der Waals surface area (Å²) in [4.78, 5) is 19.0. The van der Waals surface area contributed by atoms with Crippen molar-refractivity contribution in [1.29, 1.82) is 0 Å². The van der Waals surface area contributed by atoms with E-state index in [-0.39, 0.29) is 5.78 Å². The van der Waals surface area contributed by atoms with Crippen molar-refractivity contribution in [2.75, 3.05) is 11.4 Å². The fraction of sp³-hybridized carbons (Fsp3) is 0.200. The van der Waals surface area contributed by atoms with Gasteiger partial charge in [-0.15, -0.1) is 11.3 Å². The van der Waals surface area contributed by atoms with Gasteiger partial charge in [-0.2, -0.15) is 0 Å². The second-order valence-corrected chi connectivity index (χ2v) is 5.90. The summed E-state index contributed by atoms with van der Waals surface area (Å²) in [6.07, 6.45) is 0.384. The molecule has 100 valence electrons. The first-order valence-electron chi connectivity index (χ1n) is 6.46. The average Bonchev–Trinajstić information content (AvgIpc) is 3.06. The normalized spacial score (nSPS) is 24.4. The number of thiophene rings is 1. The van der Waals surface area contributed by atoms with Gasteiger partial charge in [-0.3, -0.25) is 4.79 Å². The molecule has 0 amide bonds. The number of carbonyl (C=O) groups excluding carboxylic acids is 1. The fourth-order valence-corrected chi connectivity index (χ4v) is 3.58. The van der Waals surface area contributed by atoms with Crippen LogP contribution in [0, 0.1) is 0 Å². The molecule has 1 saturated heterocycles. The maximum atomic E-state index is 12.5. The third-order valence-electron chi connectivity index (χ3n) is 3.86. The number of fused-ring (bicyclic) bond motifs is 2. The highest BCUT2D eigenvalue weighted by Crippen LogP contribution is 2.41. The number of nitrogens with zero attached hydrogens (tertiary/aromatic N) is 2. The lowest BCUT2D eigenvalue weighted by Gasteiger charge is -2.28. The lowest BCUT2D eigenvalue weighted by molar-refractivity contribution is 0.0603. The Hall–Kier alpha value is -1.98. The van der Waals surface area contributed by atoms with E-state index in [9.17, 15) is 9.90 Å². The Morgan fingerprint density at radius 1 is 1.25 bits per heavy atom. The van der Waals surface area contributed by atoms with Gasteiger partial charge in [0.2, 0.25) is 5.78 Å². The number of amidine groups is 1. The number of rotatable bonds is 1. The van der Waals surface area contributed by atoms with Gasteiger partial charge in [0, 0.05) is 18.7 Å². The van der Waals surface area contributed by atoms with Crippen molar-refractivity contribution < 1.29 is 9.90 Å². The number of Topliss-reactive ketones (excluding diaryl/α,β-unsaturated/α-hetero) is 1. The largest absolute Gasteiger partial charge is 0.374 e. The predicted octanol–water partition coefficient (Wildman–Crippen LogP) is 2.62. The van der Waals surface area contributed by atoms with Crippen LogP contribution >= 0.6 is 11.3 Å². The van der Waals surface area contributed by atoms with Crippen molar-refractivity contribution in [1.82, 2.24) is 0 Å². The van der Waals surface area contributed by atoms with Crippen LogP contribution in [0.2, 0.25) is 0 Å². The number of aliphatic imine (C=N–C) groups is 1. The molecule has 1 aromatic carbocycles. The second-order valence-electron chi connectivity index (χ2n) is 5.00. The highest BCUT2D eigenvalue weighted by atomic mass is 32.1. The molecule has 1 aromatic heterocycles. The Kier molecular flexibility index (Phi) is 2.37. The van der Waals surface area contributed by atoms with Crippen molar-refractivity contribution in [2.24, 2.45) is 4.99 Å². The Labute approximate surface area is 120 Å². The van der Waals surface area contributed by atoms with Gasteiger partial charge in [-0.1, -0.05) is 18.2 Å². The molecule has 2 aliphatic rings. The molecule has 1 N–H and O–H groups in total. The molecule has 20 heavy (non-hydrogen) atoms. The van der Waals surface area contributed by atoms with Gasteiger partial charge >= 0.3 is 0 Å². The van der Waals surface area contributed by atoms with Crippen LogP contribution in [0.4, 0.5) is 10.7 Å². The van der Waals surface area contributed by atoms with Crippen LogP contribution in [0.25, 0.3) is 0 Å². The molecule has 3 heterocycles. The molecule has 0 aliphatic carbocycles. The molecule has 2 aromatic rings. The molecule has 0 saturated carbocycles. The lowest BCUT2D eigenvalue weighted by atomic mass is 9.90. The van der Waals surface area contributed by atoms with Crippen LogP contribution in [-0.2, 0) is 0 Å². The number of para-hydroxylation sites is 1. The number of hydrogen-bond donors (Lipinski definition) is 1. The number of ketones is 1. The topological polar surface area (TPSA) is 52.9 Å². The number of carbonyl (C=O) groups is 1. The summed E-state index contributed by atoms with van der Waals surface area (Å²) in [5.41, 5.74) is 0.0235. The van der Waals surface area contributed by atoms with Gasteiger partial charge in [0.1, 0.15) is 5.00 Å². The van der Waals surface area contributed by atoms with Crippen LogP contribution in [0.15, 0.2) is 46.8 Å². The Morgan fingerprint density at radius 2 is 2.05 bits per heavy atom. The summed E-state index contributed by atoms with van der Waals surface area (Å²) >= 11 is 1.43. The first-order valence-corrected chi connectivity index (χ1v) is 7.34. The van der Waals surface area contributed by atoms with Crippen molar-refractivity contribution in [3.8, 4) is 0 Å². The van der Waals surface area contributed by atoms with Gasteiger partial charge in [0.15, 0.2) is 11.4 Å². The summed E-state index contributed by atoms with van der Waals surface area (Å²) in [5, 5.41) is 13.3. The van der Waals surface area contributed by atoms with Crippen LogP contribution in [0.1, 0.15) is 16.8 Å². The zero-order chi connectivity index (χ0) is 13.7. The van der Waals surface area contributed by atoms with Crippen molar-refractivity contribution >= 4 is 33.6 Å². The average molecular weight is 284 g/mol. The van der Waals surface area contributed by atoms with Crippen LogP contribution < -0.4 is 4.90 Å². The van der Waals surface area contributed by atoms with E-state index in [1.54, 1.807) is 6.07 Å². The zero-order valence-electron chi connectivity index (χ0n) is 10.6. The molecule has 2 aliphatic heterocycles. The number of aliphatic hydroxyl groups is 1. The number of benzene rings is 1. The molecule has 0 spiro atoms. The number of hydrogen-bond acceptors (Lipinski definition) is 5. The summed E-state index contributed by atoms with van der Waals surface area (Å²) in [7, 11) is 0. The molecular formula is C15H12N2O2S. The van der Waals surface area contributed by atoms with E-state index in [4.69, 9.17) is 0 Å². The molecule has 4 nitrogen and oxygen atoms in total. The Balaban J connectivity index is 1.87. The third kappa shape index (κ3) is 1.44. The third-order valence-corrected chi connectivity index (χ3v) is 4.67. The minimum Gasteiger partial charge on any atom is -0.374 e. The summed E-state index contributed by atoms with van der Waals surface area (Å²) < 4.78 is 0. The van der Waals surface area contributed by atoms with Gasteiger partial charge in [-0.25, -0.2) is 4.99 Å². The Bertz CT molecular complexity index is 722. The van der Waals surface area contributed by atoms with Gasteiger partial charge in [0.25, 0.3) is 0 Å². The van der Waals surface area contributed by atoms with Gasteiger partial charge in [-0.05, 0) is 23.6 Å². The summed E-state index contributed by atoms with van der Waals surface area (Å²) in [5.74, 6) is 0.237. The first-order chi connectivity index (χ1) is 9.70. The van der Waals surface area contributed by atoms with Gasteiger partial charge < -0.3 is 10.0 Å². The molecule has 0 bridgehead atoms. The molecule has 5 heteroatoms. The SMILES string of the molecule is O=C1c2ccsc2N=C2N(c3ccccc3)CCC12O. The Morgan fingerprint density at radius 3 is 2.85 bits per heavy atom. The maximum absolute atomic E-state index is 12.5. The highest BCUT2D eigenvalue weighted by Gasteiger charge is 2.52. The molecule has 1 fully saturated rings. The van der Waals surface area contributed by atoms with Crippen molar-refractivity contribution in [2.45, 2.75) is 12.0 Å². The summed E-state index contributed by atoms with van der Waals surface area (Å²) in [6, 6.07) is 11.5. The lowest BCUT2D eigenvalue weighted by Crippen LogP contribution is -2.48. The second kappa shape index (κ2) is 4.01. The molecule has 0 radical (unpaired) electrons. The molecular weight excluding hydrogens is 272 g/mol. The van der Waals surface area contributed by atoms with Crippen molar-refractivity contribution in [3.05, 3.63) is 47.3 Å². The van der Waals surface area contributed by atoms with Crippen LogP contribution in [0.3, 0.4) is 0 Å². The zero-order valence-corrected chi connectivity index (χ0v) is 11.4. The minimum absolute atomic E-state index is 0.225. The molecule has 4 rings (SSSR count). The van der Waals surface area contributed by atoms with E-state index in [2.05, 4.69) is 4.99 Å². The van der Waals surface area contributed by atoms with E-state index >= 15 is 0 Å². The van der Waals surface area contributed by atoms with E-state index in [0.717, 1.165) is 5.69 Å². The van der Waals surface area contributed by atoms with E-state index in [0.29, 0.717) is 29.4 Å². The van der Waals surface area contributed by atoms with E-state index in [1.807, 2.05) is 40.6 Å². The predicted molar refractivity (Wildman–Crippen MR) is 79.1 cm³/mol. The van der Waals surface area contributed by atoms with Crippen LogP contribution in [-0.4, -0.2) is 28.9 Å². The monoisotopic (exact) mass is 284 g/mol. The number of anilines is 1. The fourth-order valence-electron chi connectivity index (χ4n) is 2.82. The standard InChI is InChI=1S/C15H12N2O2S/c18-12-11-6-9-20-13(11)16-14-15(12,19)7-8-17(14)10-4-2-1-3-5-10/h1-6,9,19H,7-8H2. The summed E-state index contributed by atoms with van der Waals surface area (Å²) in [6.45, 7) is 0.597. The molecule has 1 atom stereocenters. The van der Waals surface area contributed by atoms with Gasteiger partial charge in [0.05, 0.1) is 5.56 Å². The van der Waals surface area contributed by atoms with Crippen molar-refractivity contribution in [3.63, 3.8) is 0 Å². The highest BCUT2D eigenvalue weighted by molar-refractivity contribution is 7.14. The quantitative estimate of drug-likeness (QED) is 0.875. The van der Waals surface area contributed by atoms with E-state index in [1.165, 1.54) is 11.3 Å². The first kappa shape index (κ1) is 11.8. The maximum Gasteiger partial charge on any atom is 0.205 e. The molecule has 1 unspecified atom stereocenters. The van der Waals surface area contributed by atoms with E-state index < -0.39 is 5.60 Å². The smallest absolute Gasteiger partial charge is 0.205 e. The van der Waals surface area contributed by atoms with Crippen LogP contribution in [0.5, 0.6) is 0 Å². The minimum atomic E-state index is -1.47.